The molecular weight excluding hydrogens is 256 g/mol. The van der Waals surface area contributed by atoms with E-state index in [0.717, 1.165) is 17.2 Å². The number of amides is 1. The highest BCUT2D eigenvalue weighted by molar-refractivity contribution is 6.06. The number of nitrogens with one attached hydrogen (secondary N) is 1. The molecule has 0 fully saturated rings. The first-order valence-corrected chi connectivity index (χ1v) is 6.08. The molecule has 0 aliphatic carbocycles. The maximum Gasteiger partial charge on any atom is 0.259 e. The van der Waals surface area contributed by atoms with Crippen LogP contribution in [0.15, 0.2) is 30.3 Å². The van der Waals surface area contributed by atoms with Crippen molar-refractivity contribution >= 4 is 17.3 Å². The van der Waals surface area contributed by atoms with Gasteiger partial charge in [0, 0.05) is 17.4 Å². The Morgan fingerprint density at radius 1 is 1.10 bits per heavy atom. The van der Waals surface area contributed by atoms with Crippen molar-refractivity contribution in [3.8, 4) is 11.5 Å². The number of carbonyl (C=O) groups excluding carboxylic acids is 1. The smallest absolute Gasteiger partial charge is 0.259 e. The molecule has 5 N–H and O–H groups in total. The molecular formula is C15H16N2O3. The van der Waals surface area contributed by atoms with Gasteiger partial charge in [-0.25, -0.2) is 0 Å². The first-order chi connectivity index (χ1) is 9.38. The molecule has 0 aromatic heterocycles. The maximum absolute atomic E-state index is 12.1. The molecule has 0 saturated carbocycles. The van der Waals surface area contributed by atoms with E-state index in [1.54, 1.807) is 6.07 Å². The van der Waals surface area contributed by atoms with Crippen molar-refractivity contribution in [3.05, 3.63) is 47.0 Å². The van der Waals surface area contributed by atoms with Gasteiger partial charge in [-0.15, -0.1) is 0 Å². The molecule has 0 radical (unpaired) electrons. The second-order valence-corrected chi connectivity index (χ2v) is 4.68. The largest absolute Gasteiger partial charge is 0.508 e. The Balaban J connectivity index is 2.30. The summed E-state index contributed by atoms with van der Waals surface area (Å²) in [6.07, 6.45) is 0. The molecule has 2 aromatic rings. The summed E-state index contributed by atoms with van der Waals surface area (Å²) in [5.41, 5.74) is 8.89. The van der Waals surface area contributed by atoms with Crippen molar-refractivity contribution in [2.75, 3.05) is 11.1 Å². The molecule has 1 amide bonds. The topological polar surface area (TPSA) is 95.6 Å². The molecule has 104 valence electrons. The van der Waals surface area contributed by atoms with Crippen LogP contribution < -0.4 is 11.1 Å². The molecule has 0 aliphatic heterocycles. The Labute approximate surface area is 116 Å². The van der Waals surface area contributed by atoms with Gasteiger partial charge in [-0.3, -0.25) is 4.79 Å². The van der Waals surface area contributed by atoms with Crippen LogP contribution >= 0.6 is 0 Å². The van der Waals surface area contributed by atoms with E-state index in [2.05, 4.69) is 5.32 Å². The number of aromatic hydroxyl groups is 2. The van der Waals surface area contributed by atoms with Crippen LogP contribution in [0.5, 0.6) is 11.5 Å². The fourth-order valence-corrected chi connectivity index (χ4v) is 1.91. The number of aryl methyl sites for hydroxylation is 2. The van der Waals surface area contributed by atoms with Gasteiger partial charge in [0.1, 0.15) is 11.5 Å². The second kappa shape index (κ2) is 5.13. The minimum atomic E-state index is -0.464. The summed E-state index contributed by atoms with van der Waals surface area (Å²) in [5.74, 6) is -0.844. The molecule has 0 unspecified atom stereocenters. The van der Waals surface area contributed by atoms with Crippen LogP contribution in [-0.4, -0.2) is 16.1 Å². The number of hydrogen-bond donors (Lipinski definition) is 4. The highest BCUT2D eigenvalue weighted by Crippen LogP contribution is 2.26. The zero-order chi connectivity index (χ0) is 14.9. The average Bonchev–Trinajstić information content (AvgIpc) is 2.35. The van der Waals surface area contributed by atoms with Crippen molar-refractivity contribution in [3.63, 3.8) is 0 Å². The van der Waals surface area contributed by atoms with E-state index in [1.165, 1.54) is 12.1 Å². The third-order valence-corrected chi connectivity index (χ3v) is 3.09. The zero-order valence-corrected chi connectivity index (χ0v) is 11.3. The lowest BCUT2D eigenvalue weighted by atomic mass is 10.1. The summed E-state index contributed by atoms with van der Waals surface area (Å²) >= 11 is 0. The van der Waals surface area contributed by atoms with Crippen LogP contribution in [-0.2, 0) is 0 Å². The fraction of sp³-hybridized carbons (Fsp3) is 0.133. The van der Waals surface area contributed by atoms with Gasteiger partial charge in [-0.05, 0) is 43.2 Å². The Hall–Kier alpha value is -2.69. The summed E-state index contributed by atoms with van der Waals surface area (Å²) in [4.78, 5) is 12.1. The van der Waals surface area contributed by atoms with Crippen molar-refractivity contribution < 1.29 is 15.0 Å². The Bertz CT molecular complexity index is 681. The molecule has 5 nitrogen and oxygen atoms in total. The molecule has 0 spiro atoms. The lowest BCUT2D eigenvalue weighted by Gasteiger charge is -2.12. The number of anilines is 2. The van der Waals surface area contributed by atoms with Gasteiger partial charge >= 0.3 is 0 Å². The molecule has 0 atom stereocenters. The van der Waals surface area contributed by atoms with Crippen LogP contribution in [0, 0.1) is 13.8 Å². The van der Waals surface area contributed by atoms with Crippen LogP contribution in [0.3, 0.4) is 0 Å². The quantitative estimate of drug-likeness (QED) is 0.632. The number of nitrogen functional groups attached to an aromatic ring is 1. The van der Waals surface area contributed by atoms with Gasteiger partial charge in [0.2, 0.25) is 0 Å². The first-order valence-electron chi connectivity index (χ1n) is 6.08. The molecule has 5 heteroatoms. The summed E-state index contributed by atoms with van der Waals surface area (Å²) in [6, 6.07) is 7.37. The summed E-state index contributed by atoms with van der Waals surface area (Å²) < 4.78 is 0. The monoisotopic (exact) mass is 272 g/mol. The normalized spacial score (nSPS) is 10.3. The van der Waals surface area contributed by atoms with E-state index in [1.807, 2.05) is 19.9 Å². The van der Waals surface area contributed by atoms with Crippen molar-refractivity contribution in [1.29, 1.82) is 0 Å². The maximum atomic E-state index is 12.1. The highest BCUT2D eigenvalue weighted by Gasteiger charge is 2.13. The van der Waals surface area contributed by atoms with Gasteiger partial charge in [0.25, 0.3) is 5.91 Å². The van der Waals surface area contributed by atoms with E-state index in [4.69, 9.17) is 5.73 Å². The van der Waals surface area contributed by atoms with E-state index < -0.39 is 5.91 Å². The molecule has 0 saturated heterocycles. The number of hydrogen-bond acceptors (Lipinski definition) is 4. The van der Waals surface area contributed by atoms with E-state index in [-0.39, 0.29) is 17.1 Å². The summed E-state index contributed by atoms with van der Waals surface area (Å²) in [6.45, 7) is 3.75. The number of phenolic OH excluding ortho intramolecular Hbond substituents is 2. The Morgan fingerprint density at radius 3 is 2.45 bits per heavy atom. The summed E-state index contributed by atoms with van der Waals surface area (Å²) in [7, 11) is 0. The van der Waals surface area contributed by atoms with Crippen LogP contribution in [0.25, 0.3) is 0 Å². The molecule has 0 heterocycles. The van der Waals surface area contributed by atoms with Crippen LogP contribution in [0.1, 0.15) is 21.5 Å². The van der Waals surface area contributed by atoms with E-state index in [0.29, 0.717) is 11.4 Å². The van der Waals surface area contributed by atoms with Crippen LogP contribution in [0.2, 0.25) is 0 Å². The average molecular weight is 272 g/mol. The third kappa shape index (κ3) is 2.66. The molecule has 0 aliphatic rings. The molecule has 2 rings (SSSR count). The van der Waals surface area contributed by atoms with Gasteiger partial charge in [0.05, 0.1) is 5.56 Å². The number of phenols is 2. The number of rotatable bonds is 2. The van der Waals surface area contributed by atoms with Crippen LogP contribution in [0.4, 0.5) is 11.4 Å². The minimum absolute atomic E-state index is 0.0846. The lowest BCUT2D eigenvalue weighted by molar-refractivity contribution is 0.102. The predicted octanol–water partition coefficient (Wildman–Crippen LogP) is 2.55. The fourth-order valence-electron chi connectivity index (χ4n) is 1.91. The number of benzene rings is 2. The van der Waals surface area contributed by atoms with Crippen molar-refractivity contribution in [2.45, 2.75) is 13.8 Å². The number of nitrogens with two attached hydrogens (primary N) is 1. The summed E-state index contributed by atoms with van der Waals surface area (Å²) in [5, 5.41) is 21.6. The predicted molar refractivity (Wildman–Crippen MR) is 78.1 cm³/mol. The Kier molecular flexibility index (Phi) is 3.52. The first kappa shape index (κ1) is 13.7. The van der Waals surface area contributed by atoms with Gasteiger partial charge in [-0.2, -0.15) is 0 Å². The van der Waals surface area contributed by atoms with Gasteiger partial charge < -0.3 is 21.3 Å². The minimum Gasteiger partial charge on any atom is -0.508 e. The number of carbonyl (C=O) groups is 1. The third-order valence-electron chi connectivity index (χ3n) is 3.09. The standard InChI is InChI=1S/C15H16N2O3/c1-8-5-9(2)13(7-12(8)16)17-15(20)11-4-3-10(18)6-14(11)19/h3-7,18-19H,16H2,1-2H3,(H,17,20). The highest BCUT2D eigenvalue weighted by atomic mass is 16.3. The Morgan fingerprint density at radius 2 is 1.80 bits per heavy atom. The van der Waals surface area contributed by atoms with E-state index in [9.17, 15) is 15.0 Å². The van der Waals surface area contributed by atoms with Crippen molar-refractivity contribution in [2.24, 2.45) is 0 Å². The van der Waals surface area contributed by atoms with Gasteiger partial charge in [-0.1, -0.05) is 6.07 Å². The molecule has 2 aromatic carbocycles. The SMILES string of the molecule is Cc1cc(C)c(NC(=O)c2ccc(O)cc2O)cc1N. The van der Waals surface area contributed by atoms with E-state index >= 15 is 0 Å². The second-order valence-electron chi connectivity index (χ2n) is 4.68. The zero-order valence-electron chi connectivity index (χ0n) is 11.3. The van der Waals surface area contributed by atoms with Gasteiger partial charge in [0.15, 0.2) is 0 Å². The molecule has 0 bridgehead atoms. The lowest BCUT2D eigenvalue weighted by Crippen LogP contribution is -2.13. The van der Waals surface area contributed by atoms with Crippen molar-refractivity contribution in [1.82, 2.24) is 0 Å². The molecule has 20 heavy (non-hydrogen) atoms.